The van der Waals surface area contributed by atoms with Gasteiger partial charge in [0.1, 0.15) is 0 Å². The first-order chi connectivity index (χ1) is 6.25. The van der Waals surface area contributed by atoms with Crippen molar-refractivity contribution >= 4 is 0 Å². The molecule has 1 aromatic rings. The van der Waals surface area contributed by atoms with Gasteiger partial charge in [0, 0.05) is 12.3 Å². The number of hydrogen-bond donors (Lipinski definition) is 0. The number of rotatable bonds is 3. The van der Waals surface area contributed by atoms with E-state index in [-0.39, 0.29) is 11.9 Å². The second-order valence-electron chi connectivity index (χ2n) is 2.70. The number of nitrogens with zero attached hydrogens (tertiary/aromatic N) is 2. The van der Waals surface area contributed by atoms with Crippen molar-refractivity contribution in [2.75, 3.05) is 13.2 Å². The first kappa shape index (κ1) is 8.43. The van der Waals surface area contributed by atoms with Crippen LogP contribution in [0.2, 0.25) is 0 Å². The smallest absolute Gasteiger partial charge is 0.388 e. The largest absolute Gasteiger partial charge is 0.415 e. The van der Waals surface area contributed by atoms with E-state index in [2.05, 4.69) is 9.84 Å². The highest BCUT2D eigenvalue weighted by molar-refractivity contribution is 5.06. The number of halogens is 2. The Kier molecular flexibility index (Phi) is 2.13. The summed E-state index contributed by atoms with van der Waals surface area (Å²) in [5, 5.41) is 3.81. The SMILES string of the molecule is FC(F)Oc1ccn(C2COC2)n1. The summed E-state index contributed by atoms with van der Waals surface area (Å²) in [6.45, 7) is -1.66. The number of aromatic nitrogens is 2. The zero-order valence-electron chi connectivity index (χ0n) is 6.69. The molecule has 0 amide bonds. The lowest BCUT2D eigenvalue weighted by Crippen LogP contribution is -2.30. The Morgan fingerprint density at radius 2 is 2.38 bits per heavy atom. The van der Waals surface area contributed by atoms with Crippen molar-refractivity contribution in [2.24, 2.45) is 0 Å². The molecule has 0 aliphatic carbocycles. The number of hydrogen-bond acceptors (Lipinski definition) is 3. The summed E-state index contributed by atoms with van der Waals surface area (Å²) in [6.07, 6.45) is 1.60. The van der Waals surface area contributed by atoms with Gasteiger partial charge >= 0.3 is 6.61 Å². The maximum absolute atomic E-state index is 11.7. The Hall–Kier alpha value is -1.17. The van der Waals surface area contributed by atoms with Gasteiger partial charge in [-0.15, -0.1) is 5.10 Å². The topological polar surface area (TPSA) is 36.3 Å². The predicted molar refractivity (Wildman–Crippen MR) is 38.7 cm³/mol. The average Bonchev–Trinajstić information content (AvgIpc) is 2.31. The second kappa shape index (κ2) is 3.29. The lowest BCUT2D eigenvalue weighted by atomic mass is 10.3. The zero-order valence-corrected chi connectivity index (χ0v) is 6.69. The summed E-state index contributed by atoms with van der Waals surface area (Å²) in [7, 11) is 0. The Morgan fingerprint density at radius 3 is 2.92 bits per heavy atom. The summed E-state index contributed by atoms with van der Waals surface area (Å²) in [6, 6.07) is 1.57. The van der Waals surface area contributed by atoms with Gasteiger partial charge in [0.25, 0.3) is 0 Å². The van der Waals surface area contributed by atoms with Crippen LogP contribution in [0.15, 0.2) is 12.3 Å². The van der Waals surface area contributed by atoms with E-state index in [1.807, 2.05) is 0 Å². The molecule has 1 saturated heterocycles. The predicted octanol–water partition coefficient (Wildman–Crippen LogP) is 1.06. The molecule has 0 bridgehead atoms. The molecule has 0 unspecified atom stereocenters. The van der Waals surface area contributed by atoms with Gasteiger partial charge in [-0.05, 0) is 0 Å². The fourth-order valence-corrected chi connectivity index (χ4v) is 1.05. The molecule has 0 radical (unpaired) electrons. The molecule has 2 heterocycles. The minimum Gasteiger partial charge on any atom is -0.415 e. The molecule has 4 nitrogen and oxygen atoms in total. The monoisotopic (exact) mass is 190 g/mol. The molecule has 1 aromatic heterocycles. The minimum atomic E-state index is -2.82. The van der Waals surface area contributed by atoms with E-state index < -0.39 is 6.61 Å². The fourth-order valence-electron chi connectivity index (χ4n) is 1.05. The van der Waals surface area contributed by atoms with Crippen LogP contribution in [0.25, 0.3) is 0 Å². The maximum Gasteiger partial charge on any atom is 0.388 e. The van der Waals surface area contributed by atoms with Crippen LogP contribution in [0.4, 0.5) is 8.78 Å². The van der Waals surface area contributed by atoms with Crippen LogP contribution in [0.5, 0.6) is 5.88 Å². The third kappa shape index (κ3) is 1.77. The Labute approximate surface area is 73.1 Å². The summed E-state index contributed by atoms with van der Waals surface area (Å²) in [5.41, 5.74) is 0. The summed E-state index contributed by atoms with van der Waals surface area (Å²) in [5.74, 6) is -0.0538. The molecule has 72 valence electrons. The molecule has 13 heavy (non-hydrogen) atoms. The Bertz CT molecular complexity index is 286. The number of ether oxygens (including phenoxy) is 2. The third-order valence-corrected chi connectivity index (χ3v) is 1.79. The van der Waals surface area contributed by atoms with Crippen molar-refractivity contribution in [3.8, 4) is 5.88 Å². The lowest BCUT2D eigenvalue weighted by molar-refractivity contribution is -0.0557. The van der Waals surface area contributed by atoms with Crippen LogP contribution in [0.1, 0.15) is 6.04 Å². The molecule has 6 heteroatoms. The quantitative estimate of drug-likeness (QED) is 0.714. The highest BCUT2D eigenvalue weighted by Crippen LogP contribution is 2.18. The van der Waals surface area contributed by atoms with Crippen molar-refractivity contribution in [1.82, 2.24) is 9.78 Å². The van der Waals surface area contributed by atoms with E-state index in [4.69, 9.17) is 4.74 Å². The van der Waals surface area contributed by atoms with E-state index in [1.54, 1.807) is 10.9 Å². The van der Waals surface area contributed by atoms with Crippen molar-refractivity contribution in [1.29, 1.82) is 0 Å². The first-order valence-electron chi connectivity index (χ1n) is 3.83. The molecule has 0 spiro atoms. The van der Waals surface area contributed by atoms with Crippen LogP contribution in [0.3, 0.4) is 0 Å². The standard InChI is InChI=1S/C7H8F2N2O2/c8-7(9)13-6-1-2-11(10-6)5-3-12-4-5/h1-2,5,7H,3-4H2. The molecule has 2 rings (SSSR count). The van der Waals surface area contributed by atoms with E-state index in [0.29, 0.717) is 13.2 Å². The van der Waals surface area contributed by atoms with E-state index in [1.165, 1.54) is 6.07 Å². The zero-order chi connectivity index (χ0) is 9.26. The van der Waals surface area contributed by atoms with Crippen molar-refractivity contribution in [2.45, 2.75) is 12.7 Å². The van der Waals surface area contributed by atoms with Gasteiger partial charge in [0.05, 0.1) is 19.3 Å². The second-order valence-corrected chi connectivity index (χ2v) is 2.70. The molecule has 0 aromatic carbocycles. The molecular weight excluding hydrogens is 182 g/mol. The van der Waals surface area contributed by atoms with Crippen LogP contribution in [-0.4, -0.2) is 29.6 Å². The molecule has 0 N–H and O–H groups in total. The lowest BCUT2D eigenvalue weighted by Gasteiger charge is -2.25. The number of alkyl halides is 2. The van der Waals surface area contributed by atoms with Crippen molar-refractivity contribution in [3.05, 3.63) is 12.3 Å². The Morgan fingerprint density at radius 1 is 1.62 bits per heavy atom. The third-order valence-electron chi connectivity index (χ3n) is 1.79. The van der Waals surface area contributed by atoms with Gasteiger partial charge in [-0.2, -0.15) is 8.78 Å². The van der Waals surface area contributed by atoms with Crippen LogP contribution >= 0.6 is 0 Å². The maximum atomic E-state index is 11.7. The van der Waals surface area contributed by atoms with Gasteiger partial charge < -0.3 is 9.47 Å². The molecule has 0 atom stereocenters. The molecule has 1 aliphatic rings. The van der Waals surface area contributed by atoms with E-state index in [9.17, 15) is 8.78 Å². The molecule has 0 saturated carbocycles. The average molecular weight is 190 g/mol. The van der Waals surface area contributed by atoms with Gasteiger partial charge in [0.15, 0.2) is 0 Å². The molecule has 1 aliphatic heterocycles. The summed E-state index contributed by atoms with van der Waals surface area (Å²) >= 11 is 0. The van der Waals surface area contributed by atoms with Crippen LogP contribution in [0, 0.1) is 0 Å². The highest BCUT2D eigenvalue weighted by atomic mass is 19.3. The van der Waals surface area contributed by atoms with E-state index >= 15 is 0 Å². The van der Waals surface area contributed by atoms with Crippen molar-refractivity contribution < 1.29 is 18.3 Å². The Balaban J connectivity index is 2.00. The van der Waals surface area contributed by atoms with E-state index in [0.717, 1.165) is 0 Å². The summed E-state index contributed by atoms with van der Waals surface area (Å²) < 4.78 is 34.1. The van der Waals surface area contributed by atoms with Gasteiger partial charge in [0.2, 0.25) is 5.88 Å². The van der Waals surface area contributed by atoms with Gasteiger partial charge in [-0.25, -0.2) is 0 Å². The van der Waals surface area contributed by atoms with Gasteiger partial charge in [-0.3, -0.25) is 4.68 Å². The summed E-state index contributed by atoms with van der Waals surface area (Å²) in [4.78, 5) is 0. The molecular formula is C7H8F2N2O2. The highest BCUT2D eigenvalue weighted by Gasteiger charge is 2.21. The van der Waals surface area contributed by atoms with Gasteiger partial charge in [-0.1, -0.05) is 0 Å². The van der Waals surface area contributed by atoms with Crippen LogP contribution < -0.4 is 4.74 Å². The minimum absolute atomic E-state index is 0.0538. The molecule has 1 fully saturated rings. The fraction of sp³-hybridized carbons (Fsp3) is 0.571. The first-order valence-corrected chi connectivity index (χ1v) is 3.83. The normalized spacial score (nSPS) is 17.5. The van der Waals surface area contributed by atoms with Crippen molar-refractivity contribution in [3.63, 3.8) is 0 Å². The van der Waals surface area contributed by atoms with Crippen LogP contribution in [-0.2, 0) is 4.74 Å².